The van der Waals surface area contributed by atoms with E-state index in [-0.39, 0.29) is 4.90 Å². The number of anilines is 1. The van der Waals surface area contributed by atoms with Crippen molar-refractivity contribution >= 4 is 15.8 Å². The molecule has 6 heteroatoms. The van der Waals surface area contributed by atoms with E-state index < -0.39 is 15.1 Å². The van der Waals surface area contributed by atoms with Gasteiger partial charge in [-0.05, 0) is 26.7 Å². The van der Waals surface area contributed by atoms with Crippen LogP contribution in [0.15, 0.2) is 17.3 Å². The highest BCUT2D eigenvalue weighted by molar-refractivity contribution is 7.92. The van der Waals surface area contributed by atoms with Crippen LogP contribution < -0.4 is 5.32 Å². The van der Waals surface area contributed by atoms with Crippen molar-refractivity contribution in [1.29, 1.82) is 0 Å². The number of rotatable bonds is 4. The first-order chi connectivity index (χ1) is 7.50. The third-order valence-corrected chi connectivity index (χ3v) is 4.60. The first-order valence-corrected chi connectivity index (χ1v) is 6.87. The average Bonchev–Trinajstić information content (AvgIpc) is 3.02. The number of nitrogens with zero attached hydrogens (tertiary/aromatic N) is 2. The van der Waals surface area contributed by atoms with E-state index in [4.69, 9.17) is 0 Å². The molecule has 0 bridgehead atoms. The van der Waals surface area contributed by atoms with E-state index in [1.54, 1.807) is 13.8 Å². The monoisotopic (exact) mass is 241 g/mol. The Balaban J connectivity index is 2.18. The quantitative estimate of drug-likeness (QED) is 0.858. The molecule has 0 aromatic carbocycles. The smallest absolute Gasteiger partial charge is 0.222 e. The molecule has 1 fully saturated rings. The average molecular weight is 241 g/mol. The molecular weight excluding hydrogens is 226 g/mol. The number of hydrogen-bond acceptors (Lipinski definition) is 5. The highest BCUT2D eigenvalue weighted by atomic mass is 32.2. The number of nitrogens with one attached hydrogen (secondary N) is 1. The highest BCUT2D eigenvalue weighted by Gasteiger charge is 2.23. The lowest BCUT2D eigenvalue weighted by Gasteiger charge is -2.07. The van der Waals surface area contributed by atoms with Gasteiger partial charge < -0.3 is 5.32 Å². The van der Waals surface area contributed by atoms with Gasteiger partial charge in [-0.15, -0.1) is 0 Å². The lowest BCUT2D eigenvalue weighted by molar-refractivity contribution is 0.586. The molecule has 0 atom stereocenters. The number of hydrogen-bond donors (Lipinski definition) is 1. The molecule has 0 unspecified atom stereocenters. The zero-order valence-electron chi connectivity index (χ0n) is 9.34. The topological polar surface area (TPSA) is 72.0 Å². The Labute approximate surface area is 95.2 Å². The van der Waals surface area contributed by atoms with Crippen LogP contribution >= 0.6 is 0 Å². The van der Waals surface area contributed by atoms with Crippen molar-refractivity contribution in [3.8, 4) is 0 Å². The zero-order chi connectivity index (χ0) is 11.8. The first-order valence-electron chi connectivity index (χ1n) is 5.32. The Morgan fingerprint density at radius 1 is 1.31 bits per heavy atom. The van der Waals surface area contributed by atoms with Gasteiger partial charge in [-0.3, -0.25) is 0 Å². The molecule has 0 radical (unpaired) electrons. The van der Waals surface area contributed by atoms with Gasteiger partial charge in [-0.25, -0.2) is 18.4 Å². The highest BCUT2D eigenvalue weighted by Crippen LogP contribution is 2.23. The second-order valence-electron chi connectivity index (χ2n) is 4.25. The van der Waals surface area contributed by atoms with E-state index >= 15 is 0 Å². The molecule has 2 rings (SSSR count). The summed E-state index contributed by atoms with van der Waals surface area (Å²) in [5.74, 6) is 0.505. The van der Waals surface area contributed by atoms with Crippen LogP contribution in [0.4, 0.5) is 5.95 Å². The minimum absolute atomic E-state index is 0.184. The third-order valence-electron chi connectivity index (χ3n) is 2.49. The molecule has 1 heterocycles. The summed E-state index contributed by atoms with van der Waals surface area (Å²) in [4.78, 5) is 8.20. The normalized spacial score (nSPS) is 16.4. The Hall–Kier alpha value is -1.17. The van der Waals surface area contributed by atoms with Crippen molar-refractivity contribution in [1.82, 2.24) is 9.97 Å². The largest absolute Gasteiger partial charge is 0.351 e. The molecular formula is C10H15N3O2S. The summed E-state index contributed by atoms with van der Waals surface area (Å²) in [7, 11) is -3.26. The summed E-state index contributed by atoms with van der Waals surface area (Å²) >= 11 is 0. The maximum atomic E-state index is 11.8. The summed E-state index contributed by atoms with van der Waals surface area (Å²) in [6, 6.07) is 0.465. The predicted octanol–water partition coefficient (Wildman–Crippen LogP) is 1.23. The molecule has 0 saturated heterocycles. The van der Waals surface area contributed by atoms with Gasteiger partial charge in [-0.2, -0.15) is 0 Å². The van der Waals surface area contributed by atoms with Gasteiger partial charge in [0, 0.05) is 6.04 Å². The first kappa shape index (κ1) is 11.3. The molecule has 1 aromatic heterocycles. The van der Waals surface area contributed by atoms with Crippen molar-refractivity contribution in [3.05, 3.63) is 12.4 Å². The van der Waals surface area contributed by atoms with Crippen LogP contribution in [0.2, 0.25) is 0 Å². The van der Waals surface area contributed by atoms with Gasteiger partial charge in [0.1, 0.15) is 4.90 Å². The molecule has 0 spiro atoms. The summed E-state index contributed by atoms with van der Waals surface area (Å²) in [5, 5.41) is 2.66. The summed E-state index contributed by atoms with van der Waals surface area (Å²) in [6.07, 6.45) is 5.00. The van der Waals surface area contributed by atoms with Gasteiger partial charge in [0.05, 0.1) is 17.6 Å². The molecule has 1 saturated carbocycles. The fourth-order valence-corrected chi connectivity index (χ4v) is 2.16. The van der Waals surface area contributed by atoms with Crippen molar-refractivity contribution < 1.29 is 8.42 Å². The number of aromatic nitrogens is 2. The van der Waals surface area contributed by atoms with E-state index in [1.807, 2.05) is 0 Å². The fraction of sp³-hybridized carbons (Fsp3) is 0.600. The SMILES string of the molecule is CC(C)S(=O)(=O)c1cnc(NC2CC2)nc1. The molecule has 1 aliphatic rings. The van der Waals surface area contributed by atoms with Gasteiger partial charge in [0.15, 0.2) is 9.84 Å². The van der Waals surface area contributed by atoms with Gasteiger partial charge in [-0.1, -0.05) is 0 Å². The van der Waals surface area contributed by atoms with Crippen LogP contribution in [0.3, 0.4) is 0 Å². The molecule has 0 amide bonds. The van der Waals surface area contributed by atoms with E-state index in [2.05, 4.69) is 15.3 Å². The molecule has 1 N–H and O–H groups in total. The maximum Gasteiger partial charge on any atom is 0.222 e. The second kappa shape index (κ2) is 4.01. The Morgan fingerprint density at radius 2 is 1.88 bits per heavy atom. The lowest BCUT2D eigenvalue weighted by atomic mass is 10.6. The van der Waals surface area contributed by atoms with E-state index in [1.165, 1.54) is 12.4 Å². The van der Waals surface area contributed by atoms with Gasteiger partial charge in [0.2, 0.25) is 5.95 Å². The Bertz CT molecular complexity index is 463. The van der Waals surface area contributed by atoms with Crippen LogP contribution in [0.25, 0.3) is 0 Å². The van der Waals surface area contributed by atoms with Crippen molar-refractivity contribution in [2.45, 2.75) is 42.9 Å². The minimum Gasteiger partial charge on any atom is -0.351 e. The van der Waals surface area contributed by atoms with Crippen LogP contribution in [-0.2, 0) is 9.84 Å². The minimum atomic E-state index is -3.26. The maximum absolute atomic E-state index is 11.8. The molecule has 16 heavy (non-hydrogen) atoms. The molecule has 1 aromatic rings. The van der Waals surface area contributed by atoms with E-state index in [0.717, 1.165) is 12.8 Å². The van der Waals surface area contributed by atoms with Crippen LogP contribution in [0, 0.1) is 0 Å². The third kappa shape index (κ3) is 2.32. The van der Waals surface area contributed by atoms with Crippen molar-refractivity contribution in [2.24, 2.45) is 0 Å². The second-order valence-corrected chi connectivity index (χ2v) is 6.76. The van der Waals surface area contributed by atoms with Crippen LogP contribution in [0.5, 0.6) is 0 Å². The molecule has 88 valence electrons. The van der Waals surface area contributed by atoms with Crippen molar-refractivity contribution in [3.63, 3.8) is 0 Å². The van der Waals surface area contributed by atoms with E-state index in [9.17, 15) is 8.42 Å². The van der Waals surface area contributed by atoms with E-state index in [0.29, 0.717) is 12.0 Å². The predicted molar refractivity (Wildman–Crippen MR) is 61.0 cm³/mol. The number of sulfone groups is 1. The van der Waals surface area contributed by atoms with Crippen LogP contribution in [0.1, 0.15) is 26.7 Å². The summed E-state index contributed by atoms with van der Waals surface area (Å²) in [5.41, 5.74) is 0. The molecule has 0 aliphatic heterocycles. The Kier molecular flexibility index (Phi) is 2.84. The lowest BCUT2D eigenvalue weighted by Crippen LogP contribution is -2.15. The van der Waals surface area contributed by atoms with Crippen molar-refractivity contribution in [2.75, 3.05) is 5.32 Å². The summed E-state index contributed by atoms with van der Waals surface area (Å²) in [6.45, 7) is 3.29. The molecule has 5 nitrogen and oxygen atoms in total. The standard InChI is InChI=1S/C10H15N3O2S/c1-7(2)16(14,15)9-5-11-10(12-6-9)13-8-3-4-8/h5-8H,3-4H2,1-2H3,(H,11,12,13). The fourth-order valence-electron chi connectivity index (χ4n) is 1.22. The Morgan fingerprint density at radius 3 is 2.31 bits per heavy atom. The van der Waals surface area contributed by atoms with Gasteiger partial charge >= 0.3 is 0 Å². The summed E-state index contributed by atoms with van der Waals surface area (Å²) < 4.78 is 23.6. The molecule has 1 aliphatic carbocycles. The zero-order valence-corrected chi connectivity index (χ0v) is 10.2. The van der Waals surface area contributed by atoms with Gasteiger partial charge in [0.25, 0.3) is 0 Å². The van der Waals surface area contributed by atoms with Crippen LogP contribution in [-0.4, -0.2) is 29.7 Å².